The number of hydrogen-bond donors (Lipinski definition) is 3. The van der Waals surface area contributed by atoms with Crippen LogP contribution in [0.25, 0.3) is 0 Å². The number of hydrogen-bond acceptors (Lipinski definition) is 1. The third kappa shape index (κ3) is 6.02. The number of piperazine rings is 1. The molecule has 0 saturated carbocycles. The second-order valence-corrected chi connectivity index (χ2v) is 6.96. The number of carbonyl (C=O) groups excluding carboxylic acids is 1. The predicted octanol–water partition coefficient (Wildman–Crippen LogP) is 0.657. The fourth-order valence-electron chi connectivity index (χ4n) is 2.99. The number of anilines is 1. The SMILES string of the molecule is C=C(C)C[NH+]1CC[NH+](CC(=O)Nc2ccc(Cl)c(C(F)(F)F)c2)CC1. The molecule has 1 heterocycles. The molecule has 1 saturated heterocycles. The van der Waals surface area contributed by atoms with E-state index >= 15 is 0 Å². The molecule has 8 heteroatoms. The van der Waals surface area contributed by atoms with Gasteiger partial charge in [-0.1, -0.05) is 18.2 Å². The molecule has 1 aliphatic rings. The number of amides is 1. The molecule has 2 rings (SSSR count). The van der Waals surface area contributed by atoms with E-state index in [0.29, 0.717) is 0 Å². The van der Waals surface area contributed by atoms with Crippen LogP contribution in [0.1, 0.15) is 12.5 Å². The molecule has 0 spiro atoms. The first-order valence-electron chi connectivity index (χ1n) is 8.13. The standard InChI is InChI=1S/C17H21ClF3N3O/c1-12(2)10-23-5-7-24(8-6-23)11-16(25)22-13-3-4-15(18)14(9-13)17(19,20)21/h3-4,9H,1,5-8,10-11H2,2H3,(H,22,25)/p+2. The van der Waals surface area contributed by atoms with Gasteiger partial charge in [-0.05, 0) is 30.7 Å². The van der Waals surface area contributed by atoms with Crippen LogP contribution in [0.2, 0.25) is 5.02 Å². The molecule has 0 atom stereocenters. The maximum Gasteiger partial charge on any atom is 0.417 e. The lowest BCUT2D eigenvalue weighted by Crippen LogP contribution is -3.28. The first-order valence-corrected chi connectivity index (χ1v) is 8.51. The highest BCUT2D eigenvalue weighted by molar-refractivity contribution is 6.31. The smallest absolute Gasteiger partial charge is 0.322 e. The Labute approximate surface area is 150 Å². The van der Waals surface area contributed by atoms with Gasteiger partial charge in [-0.25, -0.2) is 0 Å². The van der Waals surface area contributed by atoms with Crippen LogP contribution < -0.4 is 15.1 Å². The molecular weight excluding hydrogens is 355 g/mol. The molecule has 0 aliphatic carbocycles. The van der Waals surface area contributed by atoms with E-state index in [1.807, 2.05) is 6.92 Å². The minimum atomic E-state index is -4.55. The van der Waals surface area contributed by atoms with Crippen molar-refractivity contribution in [3.8, 4) is 0 Å². The zero-order valence-electron chi connectivity index (χ0n) is 14.1. The average Bonchev–Trinajstić information content (AvgIpc) is 2.49. The molecule has 1 aromatic rings. The van der Waals surface area contributed by atoms with Crippen LogP contribution >= 0.6 is 11.6 Å². The Bertz CT molecular complexity index is 641. The van der Waals surface area contributed by atoms with Crippen molar-refractivity contribution in [2.45, 2.75) is 13.1 Å². The van der Waals surface area contributed by atoms with E-state index < -0.39 is 11.7 Å². The Morgan fingerprint density at radius 3 is 2.28 bits per heavy atom. The summed E-state index contributed by atoms with van der Waals surface area (Å²) in [7, 11) is 0. The highest BCUT2D eigenvalue weighted by Gasteiger charge is 2.33. The Morgan fingerprint density at radius 2 is 1.76 bits per heavy atom. The summed E-state index contributed by atoms with van der Waals surface area (Å²) in [4.78, 5) is 14.7. The first-order chi connectivity index (χ1) is 11.6. The van der Waals surface area contributed by atoms with E-state index in [1.165, 1.54) is 11.0 Å². The Kier molecular flexibility index (Phi) is 6.48. The highest BCUT2D eigenvalue weighted by Crippen LogP contribution is 2.36. The zero-order chi connectivity index (χ0) is 18.6. The van der Waals surface area contributed by atoms with Crippen molar-refractivity contribution in [2.75, 3.05) is 44.6 Å². The van der Waals surface area contributed by atoms with Crippen LogP contribution in [-0.2, 0) is 11.0 Å². The van der Waals surface area contributed by atoms with Gasteiger partial charge in [-0.2, -0.15) is 13.2 Å². The lowest BCUT2D eigenvalue weighted by molar-refractivity contribution is -1.01. The number of carbonyl (C=O) groups is 1. The van der Waals surface area contributed by atoms with Crippen molar-refractivity contribution in [2.24, 2.45) is 0 Å². The summed E-state index contributed by atoms with van der Waals surface area (Å²) in [5.41, 5.74) is 0.295. The molecule has 0 unspecified atom stereocenters. The van der Waals surface area contributed by atoms with Crippen molar-refractivity contribution in [3.05, 3.63) is 40.9 Å². The van der Waals surface area contributed by atoms with Crippen molar-refractivity contribution < 1.29 is 27.8 Å². The van der Waals surface area contributed by atoms with Gasteiger partial charge in [0.05, 0.1) is 17.1 Å². The second kappa shape index (κ2) is 8.21. The van der Waals surface area contributed by atoms with E-state index in [-0.39, 0.29) is 23.2 Å². The number of rotatable bonds is 5. The number of halogens is 4. The first kappa shape index (κ1) is 19.8. The quantitative estimate of drug-likeness (QED) is 0.648. The van der Waals surface area contributed by atoms with Gasteiger partial charge in [0.25, 0.3) is 5.91 Å². The average molecular weight is 378 g/mol. The second-order valence-electron chi connectivity index (χ2n) is 6.55. The summed E-state index contributed by atoms with van der Waals surface area (Å²) in [6, 6.07) is 3.39. The molecule has 1 fully saturated rings. The molecular formula is C17H23ClF3N3O+2. The molecule has 1 amide bonds. The Hall–Kier alpha value is -1.57. The summed E-state index contributed by atoms with van der Waals surface area (Å²) >= 11 is 5.58. The van der Waals surface area contributed by atoms with E-state index in [0.717, 1.165) is 55.3 Å². The van der Waals surface area contributed by atoms with Crippen LogP contribution in [-0.4, -0.2) is 45.2 Å². The van der Waals surface area contributed by atoms with Gasteiger partial charge in [0.15, 0.2) is 6.54 Å². The summed E-state index contributed by atoms with van der Waals surface area (Å²) in [5.74, 6) is -0.297. The number of alkyl halides is 3. The fourth-order valence-corrected chi connectivity index (χ4v) is 3.21. The monoisotopic (exact) mass is 377 g/mol. The summed E-state index contributed by atoms with van der Waals surface area (Å²) in [5, 5.41) is 2.15. The van der Waals surface area contributed by atoms with E-state index in [2.05, 4.69) is 11.9 Å². The van der Waals surface area contributed by atoms with Crippen molar-refractivity contribution in [3.63, 3.8) is 0 Å². The lowest BCUT2D eigenvalue weighted by Gasteiger charge is -2.29. The number of benzene rings is 1. The third-order valence-corrected chi connectivity index (χ3v) is 4.51. The van der Waals surface area contributed by atoms with E-state index in [9.17, 15) is 18.0 Å². The van der Waals surface area contributed by atoms with Gasteiger partial charge in [0.1, 0.15) is 26.2 Å². The summed E-state index contributed by atoms with van der Waals surface area (Å²) in [6.07, 6.45) is -4.55. The normalized spacial score (nSPS) is 21.0. The molecule has 0 radical (unpaired) electrons. The minimum absolute atomic E-state index is 0.104. The fraction of sp³-hybridized carbons (Fsp3) is 0.471. The van der Waals surface area contributed by atoms with Crippen molar-refractivity contribution in [1.29, 1.82) is 0 Å². The van der Waals surface area contributed by atoms with Crippen LogP contribution in [0.3, 0.4) is 0 Å². The molecule has 4 nitrogen and oxygen atoms in total. The van der Waals surface area contributed by atoms with Crippen LogP contribution in [0.15, 0.2) is 30.4 Å². The van der Waals surface area contributed by atoms with Crippen molar-refractivity contribution >= 4 is 23.2 Å². The van der Waals surface area contributed by atoms with Crippen LogP contribution in [0.4, 0.5) is 18.9 Å². The van der Waals surface area contributed by atoms with Gasteiger partial charge in [0.2, 0.25) is 0 Å². The molecule has 25 heavy (non-hydrogen) atoms. The predicted molar refractivity (Wildman–Crippen MR) is 91.0 cm³/mol. The molecule has 0 bridgehead atoms. The van der Waals surface area contributed by atoms with Crippen LogP contribution in [0, 0.1) is 0 Å². The lowest BCUT2D eigenvalue weighted by atomic mass is 10.2. The van der Waals surface area contributed by atoms with Gasteiger partial charge in [0, 0.05) is 5.69 Å². The molecule has 0 aromatic heterocycles. The largest absolute Gasteiger partial charge is 0.417 e. The van der Waals surface area contributed by atoms with Gasteiger partial charge < -0.3 is 15.1 Å². The Morgan fingerprint density at radius 1 is 1.20 bits per heavy atom. The van der Waals surface area contributed by atoms with E-state index in [4.69, 9.17) is 11.6 Å². The van der Waals surface area contributed by atoms with Gasteiger partial charge >= 0.3 is 6.18 Å². The molecule has 1 aromatic carbocycles. The number of nitrogens with one attached hydrogen (secondary N) is 3. The van der Waals surface area contributed by atoms with Gasteiger partial charge in [-0.3, -0.25) is 4.79 Å². The summed E-state index contributed by atoms with van der Waals surface area (Å²) in [6.45, 7) is 10.7. The molecule has 3 N–H and O–H groups in total. The third-order valence-electron chi connectivity index (χ3n) is 4.18. The number of quaternary nitrogens is 2. The highest BCUT2D eigenvalue weighted by atomic mass is 35.5. The molecule has 138 valence electrons. The maximum absolute atomic E-state index is 12.9. The summed E-state index contributed by atoms with van der Waals surface area (Å²) < 4.78 is 38.6. The van der Waals surface area contributed by atoms with Gasteiger partial charge in [-0.15, -0.1) is 0 Å². The topological polar surface area (TPSA) is 38.0 Å². The minimum Gasteiger partial charge on any atom is -0.322 e. The van der Waals surface area contributed by atoms with Crippen LogP contribution in [0.5, 0.6) is 0 Å². The zero-order valence-corrected chi connectivity index (χ0v) is 14.9. The van der Waals surface area contributed by atoms with E-state index in [1.54, 1.807) is 0 Å². The maximum atomic E-state index is 12.9. The molecule has 1 aliphatic heterocycles. The Balaban J connectivity index is 1.88. The van der Waals surface area contributed by atoms with Crippen molar-refractivity contribution in [1.82, 2.24) is 0 Å².